The molecular formula is C24H28N2O5. The highest BCUT2D eigenvalue weighted by Gasteiger charge is 2.29. The smallest absolute Gasteiger partial charge is 0.407 e. The predicted octanol–water partition coefficient (Wildman–Crippen LogP) is 3.48. The predicted molar refractivity (Wildman–Crippen MR) is 117 cm³/mol. The van der Waals surface area contributed by atoms with Crippen molar-refractivity contribution in [3.05, 3.63) is 59.7 Å². The number of rotatable bonds is 9. The maximum atomic E-state index is 12.5. The Balaban J connectivity index is 1.55. The van der Waals surface area contributed by atoms with Gasteiger partial charge in [0.05, 0.1) is 5.92 Å². The Morgan fingerprint density at radius 3 is 2.19 bits per heavy atom. The summed E-state index contributed by atoms with van der Waals surface area (Å²) in [4.78, 5) is 37.0. The van der Waals surface area contributed by atoms with Crippen LogP contribution in [0, 0.1) is 5.92 Å². The van der Waals surface area contributed by atoms with E-state index in [-0.39, 0.29) is 31.5 Å². The number of carbonyl (C=O) groups excluding carboxylic acids is 2. The minimum Gasteiger partial charge on any atom is -0.480 e. The summed E-state index contributed by atoms with van der Waals surface area (Å²) in [5.74, 6) is -1.94. The van der Waals surface area contributed by atoms with E-state index in [4.69, 9.17) is 9.84 Å². The Morgan fingerprint density at radius 2 is 1.65 bits per heavy atom. The van der Waals surface area contributed by atoms with Gasteiger partial charge in [-0.3, -0.25) is 9.59 Å². The summed E-state index contributed by atoms with van der Waals surface area (Å²) in [6.07, 6.45) is 0.0627. The van der Waals surface area contributed by atoms with Crippen molar-refractivity contribution in [2.24, 2.45) is 5.92 Å². The van der Waals surface area contributed by atoms with E-state index >= 15 is 0 Å². The lowest BCUT2D eigenvalue weighted by Gasteiger charge is -2.24. The molecule has 1 aliphatic rings. The molecular weight excluding hydrogens is 396 g/mol. The summed E-state index contributed by atoms with van der Waals surface area (Å²) in [6.45, 7) is 3.83. The van der Waals surface area contributed by atoms with Crippen LogP contribution in [0.4, 0.5) is 4.79 Å². The number of hydrogen-bond acceptors (Lipinski definition) is 4. The minimum absolute atomic E-state index is 0.0344. The third-order valence-corrected chi connectivity index (χ3v) is 5.45. The van der Waals surface area contributed by atoms with Crippen LogP contribution in [-0.2, 0) is 14.3 Å². The summed E-state index contributed by atoms with van der Waals surface area (Å²) in [5, 5.41) is 11.6. The first kappa shape index (κ1) is 22.3. The van der Waals surface area contributed by atoms with E-state index in [1.165, 1.54) is 4.90 Å². The molecule has 164 valence electrons. The number of carboxylic acids is 1. The second-order valence-electron chi connectivity index (χ2n) is 7.76. The molecule has 2 amide bonds. The van der Waals surface area contributed by atoms with E-state index in [1.54, 1.807) is 6.92 Å². The van der Waals surface area contributed by atoms with Crippen LogP contribution in [0.2, 0.25) is 0 Å². The van der Waals surface area contributed by atoms with Crippen LogP contribution < -0.4 is 5.32 Å². The zero-order chi connectivity index (χ0) is 22.4. The van der Waals surface area contributed by atoms with Gasteiger partial charge in [0.15, 0.2) is 0 Å². The number of carboxylic acid groups (broad SMARTS) is 1. The lowest BCUT2D eigenvalue weighted by molar-refractivity contribution is -0.146. The number of benzene rings is 2. The highest BCUT2D eigenvalue weighted by Crippen LogP contribution is 2.44. The molecule has 2 N–H and O–H groups in total. The number of nitrogens with one attached hydrogen (secondary N) is 1. The van der Waals surface area contributed by atoms with Gasteiger partial charge in [-0.25, -0.2) is 4.79 Å². The number of aliphatic carboxylic acids is 1. The van der Waals surface area contributed by atoms with Gasteiger partial charge in [0.25, 0.3) is 0 Å². The molecule has 7 nitrogen and oxygen atoms in total. The van der Waals surface area contributed by atoms with Crippen molar-refractivity contribution in [2.75, 3.05) is 26.2 Å². The van der Waals surface area contributed by atoms with Gasteiger partial charge in [0, 0.05) is 19.0 Å². The molecule has 31 heavy (non-hydrogen) atoms. The van der Waals surface area contributed by atoms with E-state index in [0.717, 1.165) is 22.3 Å². The second-order valence-corrected chi connectivity index (χ2v) is 7.76. The van der Waals surface area contributed by atoms with Crippen molar-refractivity contribution in [1.82, 2.24) is 10.2 Å². The van der Waals surface area contributed by atoms with Crippen LogP contribution in [0.25, 0.3) is 11.1 Å². The van der Waals surface area contributed by atoms with Gasteiger partial charge < -0.3 is 20.1 Å². The first-order valence-electron chi connectivity index (χ1n) is 10.5. The molecule has 0 radical (unpaired) electrons. The van der Waals surface area contributed by atoms with Crippen molar-refractivity contribution in [1.29, 1.82) is 0 Å². The van der Waals surface area contributed by atoms with E-state index < -0.39 is 18.0 Å². The van der Waals surface area contributed by atoms with Crippen molar-refractivity contribution >= 4 is 18.0 Å². The Morgan fingerprint density at radius 1 is 1.06 bits per heavy atom. The molecule has 0 saturated heterocycles. The number of nitrogens with zero attached hydrogens (tertiary/aromatic N) is 1. The summed E-state index contributed by atoms with van der Waals surface area (Å²) >= 11 is 0. The molecule has 1 aliphatic carbocycles. The minimum atomic E-state index is -1.06. The Kier molecular flexibility index (Phi) is 7.28. The Bertz CT molecular complexity index is 913. The van der Waals surface area contributed by atoms with Crippen LogP contribution >= 0.6 is 0 Å². The lowest BCUT2D eigenvalue weighted by Crippen LogP contribution is -2.43. The van der Waals surface area contributed by atoms with Crippen LogP contribution in [0.1, 0.15) is 37.3 Å². The molecule has 0 bridgehead atoms. The van der Waals surface area contributed by atoms with Crippen LogP contribution in [0.5, 0.6) is 0 Å². The molecule has 0 heterocycles. The number of amides is 2. The fraction of sp³-hybridized carbons (Fsp3) is 0.375. The SMILES string of the molecule is CCCN(CC(=O)O)C(=O)C(C)CNC(=O)OCC1c2ccccc2-c2ccccc21. The van der Waals surface area contributed by atoms with E-state index in [1.807, 2.05) is 43.3 Å². The first-order valence-corrected chi connectivity index (χ1v) is 10.5. The van der Waals surface area contributed by atoms with Crippen LogP contribution in [0.3, 0.4) is 0 Å². The van der Waals surface area contributed by atoms with Gasteiger partial charge in [-0.1, -0.05) is 62.4 Å². The Hall–Kier alpha value is -3.35. The van der Waals surface area contributed by atoms with Gasteiger partial charge in [-0.2, -0.15) is 0 Å². The maximum Gasteiger partial charge on any atom is 0.407 e. The standard InChI is InChI=1S/C24H28N2O5/c1-3-12-26(14-22(27)28)23(29)16(2)13-25-24(30)31-15-21-19-10-6-4-8-17(19)18-9-5-7-11-20(18)21/h4-11,16,21H,3,12-15H2,1-2H3,(H,25,30)(H,27,28). The fourth-order valence-electron chi connectivity index (χ4n) is 3.99. The van der Waals surface area contributed by atoms with Crippen LogP contribution in [-0.4, -0.2) is 54.2 Å². The summed E-state index contributed by atoms with van der Waals surface area (Å²) in [5.41, 5.74) is 4.56. The first-order chi connectivity index (χ1) is 14.9. The third kappa shape index (κ3) is 5.23. The second kappa shape index (κ2) is 10.1. The van der Waals surface area contributed by atoms with Crippen molar-refractivity contribution in [3.8, 4) is 11.1 Å². The lowest BCUT2D eigenvalue weighted by atomic mass is 9.98. The molecule has 1 unspecified atom stereocenters. The monoisotopic (exact) mass is 424 g/mol. The molecule has 0 aromatic heterocycles. The summed E-state index contributed by atoms with van der Waals surface area (Å²) in [7, 11) is 0. The van der Waals surface area contributed by atoms with Crippen molar-refractivity contribution < 1.29 is 24.2 Å². The van der Waals surface area contributed by atoms with Gasteiger partial charge >= 0.3 is 12.1 Å². The summed E-state index contributed by atoms with van der Waals surface area (Å²) < 4.78 is 5.47. The van der Waals surface area contributed by atoms with Gasteiger partial charge in [-0.05, 0) is 28.7 Å². The van der Waals surface area contributed by atoms with Crippen molar-refractivity contribution in [3.63, 3.8) is 0 Å². The normalized spacial score (nSPS) is 13.1. The molecule has 7 heteroatoms. The molecule has 2 aromatic rings. The highest BCUT2D eigenvalue weighted by atomic mass is 16.5. The van der Waals surface area contributed by atoms with E-state index in [9.17, 15) is 14.4 Å². The number of hydrogen-bond donors (Lipinski definition) is 2. The molecule has 1 atom stereocenters. The van der Waals surface area contributed by atoms with E-state index in [2.05, 4.69) is 17.4 Å². The molecule has 0 fully saturated rings. The topological polar surface area (TPSA) is 95.9 Å². The Labute approximate surface area is 182 Å². The number of fused-ring (bicyclic) bond motifs is 3. The average Bonchev–Trinajstić information content (AvgIpc) is 3.08. The average molecular weight is 424 g/mol. The molecule has 2 aromatic carbocycles. The molecule has 3 rings (SSSR count). The van der Waals surface area contributed by atoms with Crippen molar-refractivity contribution in [2.45, 2.75) is 26.2 Å². The maximum absolute atomic E-state index is 12.5. The fourth-order valence-corrected chi connectivity index (χ4v) is 3.99. The largest absolute Gasteiger partial charge is 0.480 e. The zero-order valence-electron chi connectivity index (χ0n) is 17.8. The quantitative estimate of drug-likeness (QED) is 0.642. The molecule has 0 spiro atoms. The van der Waals surface area contributed by atoms with E-state index in [0.29, 0.717) is 13.0 Å². The van der Waals surface area contributed by atoms with Crippen LogP contribution in [0.15, 0.2) is 48.5 Å². The summed E-state index contributed by atoms with van der Waals surface area (Å²) in [6, 6.07) is 16.2. The van der Waals surface area contributed by atoms with Gasteiger partial charge in [0.1, 0.15) is 13.2 Å². The molecule has 0 aliphatic heterocycles. The highest BCUT2D eigenvalue weighted by molar-refractivity contribution is 5.83. The van der Waals surface area contributed by atoms with Gasteiger partial charge in [0.2, 0.25) is 5.91 Å². The zero-order valence-corrected chi connectivity index (χ0v) is 17.8. The third-order valence-electron chi connectivity index (χ3n) is 5.45. The van der Waals surface area contributed by atoms with Gasteiger partial charge in [-0.15, -0.1) is 0 Å². The number of ether oxygens (including phenoxy) is 1. The number of alkyl carbamates (subject to hydrolysis) is 1. The molecule has 0 saturated carbocycles. The number of carbonyl (C=O) groups is 3.